The van der Waals surface area contributed by atoms with Crippen molar-refractivity contribution in [1.29, 1.82) is 0 Å². The standard InChI is InChI=1S/C23H41N9O5/c1-5-13(4)18(22(36)37)32-21(35)17(12(2)3)31-20(34)16(7-6-8-28-23(25)26)30-19(33)15(24)9-14-10-27-11-29-14/h10-13,15-18H,5-9,24H2,1-4H3,(H,27,29)(H,30,33)(H,31,34)(H,32,35)(H,36,37)(H4,25,26,28). The summed E-state index contributed by atoms with van der Waals surface area (Å²) in [5.41, 5.74) is 17.4. The Bertz CT molecular complexity index is 916. The van der Waals surface area contributed by atoms with E-state index in [0.29, 0.717) is 18.5 Å². The number of carboxylic acid groups (broad SMARTS) is 1. The Morgan fingerprint density at radius 2 is 1.70 bits per heavy atom. The molecule has 0 aliphatic rings. The smallest absolute Gasteiger partial charge is 0.326 e. The number of aromatic nitrogens is 2. The van der Waals surface area contributed by atoms with E-state index in [0.717, 1.165) is 0 Å². The Hall–Kier alpha value is -3.68. The monoisotopic (exact) mass is 523 g/mol. The topological polar surface area (TPSA) is 244 Å². The van der Waals surface area contributed by atoms with Crippen LogP contribution in [0.3, 0.4) is 0 Å². The number of aliphatic imine (C=N–C) groups is 1. The molecule has 3 amide bonds. The van der Waals surface area contributed by atoms with Gasteiger partial charge in [0.15, 0.2) is 5.96 Å². The molecule has 0 radical (unpaired) electrons. The van der Waals surface area contributed by atoms with Gasteiger partial charge >= 0.3 is 5.97 Å². The molecule has 0 aliphatic heterocycles. The van der Waals surface area contributed by atoms with Crippen LogP contribution < -0.4 is 33.2 Å². The van der Waals surface area contributed by atoms with Crippen molar-refractivity contribution in [1.82, 2.24) is 25.9 Å². The Morgan fingerprint density at radius 1 is 1.05 bits per heavy atom. The van der Waals surface area contributed by atoms with E-state index in [1.54, 1.807) is 27.0 Å². The lowest BCUT2D eigenvalue weighted by atomic mass is 9.97. The lowest BCUT2D eigenvalue weighted by Gasteiger charge is -2.28. The number of imidazole rings is 1. The molecule has 11 N–H and O–H groups in total. The van der Waals surface area contributed by atoms with Gasteiger partial charge in [-0.1, -0.05) is 34.1 Å². The lowest BCUT2D eigenvalue weighted by molar-refractivity contribution is -0.144. The number of aliphatic carboxylic acids is 1. The Kier molecular flexibility index (Phi) is 13.1. The molecular formula is C23H41N9O5. The summed E-state index contributed by atoms with van der Waals surface area (Å²) >= 11 is 0. The van der Waals surface area contributed by atoms with Crippen LogP contribution in [0.15, 0.2) is 17.5 Å². The van der Waals surface area contributed by atoms with Gasteiger partial charge < -0.3 is 43.2 Å². The molecule has 1 aromatic rings. The third-order valence-electron chi connectivity index (χ3n) is 5.93. The number of nitrogens with one attached hydrogen (secondary N) is 4. The summed E-state index contributed by atoms with van der Waals surface area (Å²) in [5, 5.41) is 17.3. The molecule has 0 aromatic carbocycles. The molecule has 208 valence electrons. The molecule has 0 saturated heterocycles. The molecule has 0 fully saturated rings. The van der Waals surface area contributed by atoms with E-state index in [-0.39, 0.29) is 37.2 Å². The number of nitrogens with two attached hydrogens (primary N) is 3. The zero-order valence-electron chi connectivity index (χ0n) is 21.9. The molecule has 5 atom stereocenters. The van der Waals surface area contributed by atoms with Crippen LogP contribution >= 0.6 is 0 Å². The van der Waals surface area contributed by atoms with Crippen molar-refractivity contribution in [3.63, 3.8) is 0 Å². The van der Waals surface area contributed by atoms with Crippen molar-refractivity contribution in [2.24, 2.45) is 34.0 Å². The summed E-state index contributed by atoms with van der Waals surface area (Å²) in [5.74, 6) is -3.75. The second-order valence-electron chi connectivity index (χ2n) is 9.34. The van der Waals surface area contributed by atoms with Crippen molar-refractivity contribution in [3.05, 3.63) is 18.2 Å². The average Bonchev–Trinajstić information content (AvgIpc) is 3.34. The van der Waals surface area contributed by atoms with Crippen LogP contribution in [0, 0.1) is 11.8 Å². The predicted octanol–water partition coefficient (Wildman–Crippen LogP) is -1.43. The molecule has 5 unspecified atom stereocenters. The van der Waals surface area contributed by atoms with Gasteiger partial charge in [0.25, 0.3) is 0 Å². The van der Waals surface area contributed by atoms with Crippen LogP contribution in [0.2, 0.25) is 0 Å². The fraction of sp³-hybridized carbons (Fsp3) is 0.652. The molecule has 0 spiro atoms. The van der Waals surface area contributed by atoms with E-state index >= 15 is 0 Å². The summed E-state index contributed by atoms with van der Waals surface area (Å²) in [6.07, 6.45) is 4.26. The van der Waals surface area contributed by atoms with Gasteiger partial charge in [0, 0.05) is 24.9 Å². The molecular weight excluding hydrogens is 482 g/mol. The fourth-order valence-corrected chi connectivity index (χ4v) is 3.49. The van der Waals surface area contributed by atoms with Crippen LogP contribution in [0.4, 0.5) is 0 Å². The van der Waals surface area contributed by atoms with Gasteiger partial charge in [-0.15, -0.1) is 0 Å². The number of hydrogen-bond acceptors (Lipinski definition) is 7. The minimum atomic E-state index is -1.16. The van der Waals surface area contributed by atoms with Gasteiger partial charge in [-0.05, 0) is 24.7 Å². The molecule has 0 saturated carbocycles. The maximum Gasteiger partial charge on any atom is 0.326 e. The van der Waals surface area contributed by atoms with Gasteiger partial charge in [0.2, 0.25) is 17.7 Å². The highest BCUT2D eigenvalue weighted by atomic mass is 16.4. The fourth-order valence-electron chi connectivity index (χ4n) is 3.49. The van der Waals surface area contributed by atoms with Gasteiger partial charge in [-0.3, -0.25) is 19.4 Å². The van der Waals surface area contributed by atoms with Crippen LogP contribution in [-0.2, 0) is 25.6 Å². The van der Waals surface area contributed by atoms with Crippen LogP contribution in [0.5, 0.6) is 0 Å². The Balaban J connectivity index is 2.99. The van der Waals surface area contributed by atoms with Gasteiger partial charge in [-0.25, -0.2) is 9.78 Å². The van der Waals surface area contributed by atoms with Gasteiger partial charge in [0.05, 0.1) is 12.4 Å². The number of carbonyl (C=O) groups is 4. The predicted molar refractivity (Wildman–Crippen MR) is 138 cm³/mol. The number of guanidine groups is 1. The minimum Gasteiger partial charge on any atom is -0.480 e. The Morgan fingerprint density at radius 3 is 2.22 bits per heavy atom. The zero-order valence-corrected chi connectivity index (χ0v) is 21.9. The quantitative estimate of drug-likeness (QED) is 0.0718. The third-order valence-corrected chi connectivity index (χ3v) is 5.93. The van der Waals surface area contributed by atoms with Crippen LogP contribution in [-0.4, -0.2) is 75.4 Å². The van der Waals surface area contributed by atoms with Crippen molar-refractivity contribution in [2.45, 2.75) is 77.5 Å². The van der Waals surface area contributed by atoms with E-state index in [4.69, 9.17) is 17.2 Å². The summed E-state index contributed by atoms with van der Waals surface area (Å²) in [7, 11) is 0. The molecule has 1 aromatic heterocycles. The minimum absolute atomic E-state index is 0.0996. The van der Waals surface area contributed by atoms with Crippen molar-refractivity contribution >= 4 is 29.7 Å². The highest BCUT2D eigenvalue weighted by Gasteiger charge is 2.33. The first kappa shape index (κ1) is 31.4. The summed E-state index contributed by atoms with van der Waals surface area (Å²) in [6.45, 7) is 7.20. The second-order valence-corrected chi connectivity index (χ2v) is 9.34. The number of hydrogen-bond donors (Lipinski definition) is 8. The van der Waals surface area contributed by atoms with Gasteiger partial charge in [0.1, 0.15) is 18.1 Å². The average molecular weight is 524 g/mol. The highest BCUT2D eigenvalue weighted by molar-refractivity contribution is 5.94. The summed E-state index contributed by atoms with van der Waals surface area (Å²) < 4.78 is 0. The third kappa shape index (κ3) is 10.9. The number of carboxylic acids is 1. The van der Waals surface area contributed by atoms with Crippen LogP contribution in [0.25, 0.3) is 0 Å². The van der Waals surface area contributed by atoms with Gasteiger partial charge in [-0.2, -0.15) is 0 Å². The maximum atomic E-state index is 13.2. The first-order valence-electron chi connectivity index (χ1n) is 12.3. The molecule has 37 heavy (non-hydrogen) atoms. The summed E-state index contributed by atoms with van der Waals surface area (Å²) in [6, 6.07) is -4.13. The normalized spacial score (nSPS) is 15.1. The highest BCUT2D eigenvalue weighted by Crippen LogP contribution is 2.11. The summed E-state index contributed by atoms with van der Waals surface area (Å²) in [4.78, 5) is 61.2. The molecule has 14 heteroatoms. The number of carbonyl (C=O) groups excluding carboxylic acids is 3. The lowest BCUT2D eigenvalue weighted by Crippen LogP contribution is -2.59. The van der Waals surface area contributed by atoms with Crippen LogP contribution in [0.1, 0.15) is 52.7 Å². The van der Waals surface area contributed by atoms with Crippen molar-refractivity contribution in [3.8, 4) is 0 Å². The molecule has 14 nitrogen and oxygen atoms in total. The SMILES string of the molecule is CCC(C)C(NC(=O)C(NC(=O)C(CCCN=C(N)N)NC(=O)C(N)Cc1cnc[nH]1)C(C)C)C(=O)O. The molecule has 0 aliphatic carbocycles. The van der Waals surface area contributed by atoms with E-state index in [1.165, 1.54) is 6.33 Å². The first-order chi connectivity index (χ1) is 17.4. The van der Waals surface area contributed by atoms with E-state index in [9.17, 15) is 24.3 Å². The number of nitrogens with zero attached hydrogens (tertiary/aromatic N) is 2. The second kappa shape index (κ2) is 15.4. The molecule has 1 rings (SSSR count). The Labute approximate surface area is 216 Å². The first-order valence-corrected chi connectivity index (χ1v) is 12.3. The van der Waals surface area contributed by atoms with E-state index in [2.05, 4.69) is 30.9 Å². The number of aromatic amines is 1. The van der Waals surface area contributed by atoms with E-state index in [1.807, 2.05) is 6.92 Å². The largest absolute Gasteiger partial charge is 0.480 e. The number of amides is 3. The van der Waals surface area contributed by atoms with Crippen molar-refractivity contribution < 1.29 is 24.3 Å². The van der Waals surface area contributed by atoms with E-state index < -0.39 is 47.9 Å². The maximum absolute atomic E-state index is 13.2. The number of H-pyrrole nitrogens is 1. The van der Waals surface area contributed by atoms with Crippen molar-refractivity contribution in [2.75, 3.05) is 6.54 Å². The number of rotatable bonds is 16. The molecule has 0 bridgehead atoms. The zero-order chi connectivity index (χ0) is 28.1. The molecule has 1 heterocycles.